The van der Waals surface area contributed by atoms with Gasteiger partial charge in [0.15, 0.2) is 0 Å². The maximum absolute atomic E-state index is 2.28. The fourth-order valence-corrected chi connectivity index (χ4v) is 2.22. The molecule has 0 aliphatic rings. The molecule has 1 heteroatoms. The molecule has 0 amide bonds. The number of hydrogen-bond acceptors (Lipinski definition) is 1. The molecule has 1 rings (SSSR count). The van der Waals surface area contributed by atoms with Crippen molar-refractivity contribution in [2.75, 3.05) is 5.75 Å². The summed E-state index contributed by atoms with van der Waals surface area (Å²) in [5.74, 6) is 1.16. The van der Waals surface area contributed by atoms with Crippen molar-refractivity contribution in [3.05, 3.63) is 29.3 Å². The van der Waals surface area contributed by atoms with Gasteiger partial charge >= 0.3 is 0 Å². The molecule has 0 bridgehead atoms. The highest BCUT2D eigenvalue weighted by Gasteiger charge is 1.99. The zero-order valence-corrected chi connectivity index (χ0v) is 8.87. The summed E-state index contributed by atoms with van der Waals surface area (Å²) in [5, 5.41) is 0. The first kappa shape index (κ1) is 9.66. The van der Waals surface area contributed by atoms with E-state index in [-0.39, 0.29) is 0 Å². The minimum atomic E-state index is 1.14. The molecule has 1 aromatic carbocycles. The molecular formula is C11H16S. The average Bonchev–Trinajstić information content (AvgIpc) is 2.05. The Hall–Kier alpha value is -0.430. The fourth-order valence-electron chi connectivity index (χ4n) is 1.24. The Morgan fingerprint density at radius 2 is 2.00 bits per heavy atom. The standard InChI is InChI=1S/C11H16S/c1-4-10-7-6-9(3)8-11(10)12-5-2/h6-8H,4-5H2,1-3H3. The third kappa shape index (κ3) is 2.28. The van der Waals surface area contributed by atoms with Crippen LogP contribution in [0.3, 0.4) is 0 Å². The van der Waals surface area contributed by atoms with Gasteiger partial charge in [0.25, 0.3) is 0 Å². The van der Waals surface area contributed by atoms with Gasteiger partial charge < -0.3 is 0 Å². The Balaban J connectivity index is 2.95. The van der Waals surface area contributed by atoms with Crippen molar-refractivity contribution in [1.82, 2.24) is 0 Å². The minimum Gasteiger partial charge on any atom is -0.126 e. The van der Waals surface area contributed by atoms with Gasteiger partial charge in [-0.25, -0.2) is 0 Å². The van der Waals surface area contributed by atoms with Crippen molar-refractivity contribution in [2.24, 2.45) is 0 Å². The molecule has 66 valence electrons. The van der Waals surface area contributed by atoms with Crippen molar-refractivity contribution in [2.45, 2.75) is 32.1 Å². The first-order valence-electron chi connectivity index (χ1n) is 4.50. The SMILES string of the molecule is CCSc1cc(C)ccc1CC. The molecule has 0 N–H and O–H groups in total. The van der Waals surface area contributed by atoms with Crippen molar-refractivity contribution >= 4 is 11.8 Å². The van der Waals surface area contributed by atoms with Crippen LogP contribution in [-0.4, -0.2) is 5.75 Å². The number of benzene rings is 1. The van der Waals surface area contributed by atoms with Gasteiger partial charge in [-0.3, -0.25) is 0 Å². The first-order chi connectivity index (χ1) is 5.77. The highest BCUT2D eigenvalue weighted by Crippen LogP contribution is 2.23. The smallest absolute Gasteiger partial charge is 0.0106 e. The molecule has 0 radical (unpaired) electrons. The summed E-state index contributed by atoms with van der Waals surface area (Å²) in [6, 6.07) is 6.72. The lowest BCUT2D eigenvalue weighted by atomic mass is 10.1. The lowest BCUT2D eigenvalue weighted by Crippen LogP contribution is -1.86. The monoisotopic (exact) mass is 180 g/mol. The van der Waals surface area contributed by atoms with E-state index in [9.17, 15) is 0 Å². The highest BCUT2D eigenvalue weighted by molar-refractivity contribution is 7.99. The second kappa shape index (κ2) is 4.56. The number of rotatable bonds is 3. The average molecular weight is 180 g/mol. The fraction of sp³-hybridized carbons (Fsp3) is 0.455. The zero-order valence-electron chi connectivity index (χ0n) is 8.05. The van der Waals surface area contributed by atoms with Crippen LogP contribution in [0.15, 0.2) is 23.1 Å². The molecule has 0 nitrogen and oxygen atoms in total. The Morgan fingerprint density at radius 3 is 2.58 bits per heavy atom. The van der Waals surface area contributed by atoms with E-state index >= 15 is 0 Å². The van der Waals surface area contributed by atoms with Gasteiger partial charge in [-0.2, -0.15) is 0 Å². The van der Waals surface area contributed by atoms with Crippen molar-refractivity contribution in [3.8, 4) is 0 Å². The van der Waals surface area contributed by atoms with E-state index in [1.165, 1.54) is 16.0 Å². The summed E-state index contributed by atoms with van der Waals surface area (Å²) >= 11 is 1.94. The molecule has 0 saturated heterocycles. The van der Waals surface area contributed by atoms with Crippen molar-refractivity contribution in [3.63, 3.8) is 0 Å². The molecule has 12 heavy (non-hydrogen) atoms. The van der Waals surface area contributed by atoms with Crippen molar-refractivity contribution < 1.29 is 0 Å². The maximum atomic E-state index is 2.28. The Morgan fingerprint density at radius 1 is 1.25 bits per heavy atom. The van der Waals surface area contributed by atoms with E-state index < -0.39 is 0 Å². The minimum absolute atomic E-state index is 1.14. The van der Waals surface area contributed by atoms with E-state index in [2.05, 4.69) is 39.0 Å². The number of hydrogen-bond donors (Lipinski definition) is 0. The summed E-state index contributed by atoms with van der Waals surface area (Å²) in [5.41, 5.74) is 2.84. The molecule has 0 spiro atoms. The molecule has 0 heterocycles. The zero-order chi connectivity index (χ0) is 8.97. The second-order valence-electron chi connectivity index (χ2n) is 2.90. The van der Waals surface area contributed by atoms with Crippen LogP contribution in [0.5, 0.6) is 0 Å². The van der Waals surface area contributed by atoms with Crippen LogP contribution in [0.4, 0.5) is 0 Å². The summed E-state index contributed by atoms with van der Waals surface area (Å²) in [4.78, 5) is 1.46. The normalized spacial score (nSPS) is 10.2. The van der Waals surface area contributed by atoms with E-state index in [0.29, 0.717) is 0 Å². The lowest BCUT2D eigenvalue weighted by molar-refractivity contribution is 1.07. The van der Waals surface area contributed by atoms with Gasteiger partial charge in [-0.1, -0.05) is 31.5 Å². The highest BCUT2D eigenvalue weighted by atomic mass is 32.2. The van der Waals surface area contributed by atoms with Gasteiger partial charge in [-0.05, 0) is 30.7 Å². The molecule has 0 fully saturated rings. The predicted molar refractivity (Wildman–Crippen MR) is 57.0 cm³/mol. The third-order valence-electron chi connectivity index (χ3n) is 1.90. The molecular weight excluding hydrogens is 164 g/mol. The summed E-state index contributed by atoms with van der Waals surface area (Å²) in [7, 11) is 0. The molecule has 0 saturated carbocycles. The van der Waals surface area contributed by atoms with Gasteiger partial charge in [0.2, 0.25) is 0 Å². The molecule has 0 aliphatic heterocycles. The third-order valence-corrected chi connectivity index (χ3v) is 2.88. The van der Waals surface area contributed by atoms with E-state index in [4.69, 9.17) is 0 Å². The van der Waals surface area contributed by atoms with Gasteiger partial charge in [0.05, 0.1) is 0 Å². The largest absolute Gasteiger partial charge is 0.126 e. The van der Waals surface area contributed by atoms with Gasteiger partial charge in [-0.15, -0.1) is 11.8 Å². The van der Waals surface area contributed by atoms with Crippen LogP contribution in [0.25, 0.3) is 0 Å². The molecule has 0 unspecified atom stereocenters. The van der Waals surface area contributed by atoms with Crippen molar-refractivity contribution in [1.29, 1.82) is 0 Å². The summed E-state index contributed by atoms with van der Waals surface area (Å²) < 4.78 is 0. The Bertz CT molecular complexity index is 253. The van der Waals surface area contributed by atoms with E-state index in [1.54, 1.807) is 0 Å². The van der Waals surface area contributed by atoms with Crippen LogP contribution in [-0.2, 0) is 6.42 Å². The summed E-state index contributed by atoms with van der Waals surface area (Å²) in [6.45, 7) is 6.57. The first-order valence-corrected chi connectivity index (χ1v) is 5.48. The van der Waals surface area contributed by atoms with Crippen LogP contribution in [0.2, 0.25) is 0 Å². The molecule has 1 aromatic rings. The molecule has 0 aromatic heterocycles. The predicted octanol–water partition coefficient (Wildman–Crippen LogP) is 3.67. The Labute approximate surface area is 79.4 Å². The van der Waals surface area contributed by atoms with Gasteiger partial charge in [0.1, 0.15) is 0 Å². The quantitative estimate of drug-likeness (QED) is 0.640. The number of thioether (sulfide) groups is 1. The van der Waals surface area contributed by atoms with Crippen LogP contribution >= 0.6 is 11.8 Å². The topological polar surface area (TPSA) is 0 Å². The van der Waals surface area contributed by atoms with Gasteiger partial charge in [0, 0.05) is 4.90 Å². The van der Waals surface area contributed by atoms with Crippen LogP contribution in [0, 0.1) is 6.92 Å². The lowest BCUT2D eigenvalue weighted by Gasteiger charge is -2.06. The maximum Gasteiger partial charge on any atom is 0.0106 e. The summed E-state index contributed by atoms with van der Waals surface area (Å²) in [6.07, 6.45) is 1.14. The molecule has 0 aliphatic carbocycles. The van der Waals surface area contributed by atoms with E-state index in [1.807, 2.05) is 11.8 Å². The Kier molecular flexibility index (Phi) is 3.67. The number of aryl methyl sites for hydroxylation is 2. The van der Waals surface area contributed by atoms with Crippen LogP contribution < -0.4 is 0 Å². The second-order valence-corrected chi connectivity index (χ2v) is 4.20. The van der Waals surface area contributed by atoms with E-state index in [0.717, 1.165) is 12.2 Å². The molecule has 0 atom stereocenters. The van der Waals surface area contributed by atoms with Crippen LogP contribution in [0.1, 0.15) is 25.0 Å².